The van der Waals surface area contributed by atoms with Crippen LogP contribution in [0.2, 0.25) is 0 Å². The second-order valence-electron chi connectivity index (χ2n) is 3.96. The van der Waals surface area contributed by atoms with Crippen molar-refractivity contribution >= 4 is 33.2 Å². The normalized spacial score (nSPS) is 14.6. The third-order valence-corrected chi connectivity index (χ3v) is 3.76. The fourth-order valence-electron chi connectivity index (χ4n) is 1.41. The van der Waals surface area contributed by atoms with Gasteiger partial charge in [-0.05, 0) is 6.07 Å². The summed E-state index contributed by atoms with van der Waals surface area (Å²) >= 11 is 1.40. The van der Waals surface area contributed by atoms with E-state index in [9.17, 15) is 36.3 Å². The van der Waals surface area contributed by atoms with Crippen molar-refractivity contribution in [1.82, 2.24) is 0 Å². The summed E-state index contributed by atoms with van der Waals surface area (Å²) in [7, 11) is 0. The minimum absolute atomic E-state index is 0.657. The molecule has 0 bridgehead atoms. The molecule has 0 radical (unpaired) electrons. The van der Waals surface area contributed by atoms with Gasteiger partial charge in [0.05, 0.1) is 0 Å². The lowest BCUT2D eigenvalue weighted by Crippen LogP contribution is -2.99. The van der Waals surface area contributed by atoms with Gasteiger partial charge in [0.25, 0.3) is 10.2 Å². The minimum atomic E-state index is -5.99. The van der Waals surface area contributed by atoms with Gasteiger partial charge in [-0.15, -0.1) is 0 Å². The summed E-state index contributed by atoms with van der Waals surface area (Å²) in [5.41, 5.74) is -1.35. The molecule has 0 saturated carbocycles. The lowest BCUT2D eigenvalue weighted by atomic mass is 10.1. The molecule has 0 spiro atoms. The van der Waals surface area contributed by atoms with Crippen molar-refractivity contribution in [3.8, 4) is 0 Å². The van der Waals surface area contributed by atoms with Crippen LogP contribution in [0.1, 0.15) is 0 Å². The molecule has 1 rings (SSSR count). The molecule has 124 valence electrons. The lowest BCUT2D eigenvalue weighted by Gasteiger charge is -2.30. The second-order valence-corrected chi connectivity index (χ2v) is 5.15. The number of hydrogen-bond donors (Lipinski definition) is 3. The van der Waals surface area contributed by atoms with E-state index in [-0.39, 0.29) is 0 Å². The molecule has 0 aromatic heterocycles. The van der Waals surface area contributed by atoms with Crippen LogP contribution in [0.3, 0.4) is 0 Å². The van der Waals surface area contributed by atoms with E-state index in [2.05, 4.69) is 0 Å². The summed E-state index contributed by atoms with van der Waals surface area (Å²) in [6.45, 7) is 0. The zero-order chi connectivity index (χ0) is 17.3. The number of amides is 1. The number of carbonyl (C=O) groups excluding carboxylic acids is 1. The van der Waals surface area contributed by atoms with Gasteiger partial charge in [-0.3, -0.25) is 4.79 Å². The number of hydrogen-bond acceptors (Lipinski definition) is 3. The first-order valence-corrected chi connectivity index (χ1v) is 6.08. The van der Waals surface area contributed by atoms with Gasteiger partial charge >= 0.3 is 12.4 Å². The molecule has 0 aliphatic heterocycles. The number of benzene rings is 1. The van der Waals surface area contributed by atoms with E-state index in [4.69, 9.17) is 5.21 Å². The molecule has 1 amide bonds. The fourth-order valence-corrected chi connectivity index (χ4v) is 1.50. The molecule has 0 heterocycles. The van der Waals surface area contributed by atoms with Crippen LogP contribution < -0.4 is 10.5 Å². The minimum Gasteiger partial charge on any atom is -0.595 e. The van der Waals surface area contributed by atoms with E-state index in [0.717, 1.165) is 18.2 Å². The average molecular weight is 397 g/mol. The van der Waals surface area contributed by atoms with Crippen molar-refractivity contribution in [3.05, 3.63) is 29.5 Å². The van der Waals surface area contributed by atoms with Gasteiger partial charge in [-0.1, -0.05) is 28.1 Å². The van der Waals surface area contributed by atoms with Crippen LogP contribution in [-0.2, 0) is 4.79 Å². The van der Waals surface area contributed by atoms with Gasteiger partial charge in [0.2, 0.25) is 0 Å². The van der Waals surface area contributed by atoms with Crippen LogP contribution in [-0.4, -0.2) is 27.8 Å². The topological polar surface area (TPSA) is 76.8 Å². The van der Waals surface area contributed by atoms with Crippen LogP contribution in [0.5, 0.6) is 0 Å². The molecule has 5 nitrogen and oxygen atoms in total. The largest absolute Gasteiger partial charge is 0.595 e. The molecule has 0 saturated heterocycles. The highest BCUT2D eigenvalue weighted by molar-refractivity contribution is 9.10. The summed E-state index contributed by atoms with van der Waals surface area (Å²) in [5.74, 6) is -2.50. The first-order chi connectivity index (χ1) is 9.82. The van der Waals surface area contributed by atoms with Crippen molar-refractivity contribution in [2.75, 3.05) is 5.32 Å². The maximum Gasteiger partial charge on any atom is 0.421 e. The van der Waals surface area contributed by atoms with Crippen LogP contribution in [0, 0.1) is 5.21 Å². The Morgan fingerprint density at radius 1 is 1.14 bits per heavy atom. The molecule has 3 N–H and O–H groups in total. The van der Waals surface area contributed by atoms with Gasteiger partial charge in [0, 0.05) is 6.07 Å². The lowest BCUT2D eigenvalue weighted by molar-refractivity contribution is -0.990. The quantitative estimate of drug-likeness (QED) is 0.416. The first-order valence-electron chi connectivity index (χ1n) is 5.28. The Kier molecular flexibility index (Phi) is 5.11. The predicted octanol–water partition coefficient (Wildman–Crippen LogP) is 2.29. The van der Waals surface area contributed by atoms with Crippen molar-refractivity contribution in [2.24, 2.45) is 0 Å². The van der Waals surface area contributed by atoms with Gasteiger partial charge < -0.3 is 10.5 Å². The Balaban J connectivity index is 3.25. The van der Waals surface area contributed by atoms with E-state index in [1.165, 1.54) is 27.3 Å². The molecular weight excluding hydrogens is 390 g/mol. The molecule has 0 fully saturated rings. The SMILES string of the molecule is O=C(Nc1ccccc1[NH+]([O-])O)C(Br)(C(F)(F)F)C(F)(F)F. The van der Waals surface area contributed by atoms with E-state index in [1.54, 1.807) is 0 Å². The summed E-state index contributed by atoms with van der Waals surface area (Å²) in [6, 6.07) is 4.10. The zero-order valence-corrected chi connectivity index (χ0v) is 11.8. The Morgan fingerprint density at radius 2 is 1.59 bits per heavy atom. The number of para-hydroxylation sites is 2. The van der Waals surface area contributed by atoms with Crippen molar-refractivity contribution in [3.63, 3.8) is 0 Å². The number of quaternary nitrogens is 1. The third kappa shape index (κ3) is 3.34. The van der Waals surface area contributed by atoms with Crippen molar-refractivity contribution in [2.45, 2.75) is 16.7 Å². The summed E-state index contributed by atoms with van der Waals surface area (Å²) in [4.78, 5) is 11.5. The van der Waals surface area contributed by atoms with Crippen molar-refractivity contribution < 1.29 is 41.6 Å². The number of alkyl halides is 7. The predicted molar refractivity (Wildman–Crippen MR) is 64.6 cm³/mol. The van der Waals surface area contributed by atoms with Gasteiger partial charge in [0.15, 0.2) is 5.69 Å². The average Bonchev–Trinajstić information content (AvgIpc) is 2.35. The van der Waals surface area contributed by atoms with Gasteiger partial charge in [-0.2, -0.15) is 31.6 Å². The van der Waals surface area contributed by atoms with E-state index >= 15 is 0 Å². The summed E-state index contributed by atoms with van der Waals surface area (Å²) in [6.07, 6.45) is -12.0. The molecule has 1 aromatic rings. The zero-order valence-electron chi connectivity index (χ0n) is 10.2. The Labute approximate surface area is 127 Å². The van der Waals surface area contributed by atoms with E-state index in [0.29, 0.717) is 0 Å². The number of nitrogens with one attached hydrogen (secondary N) is 2. The van der Waals surface area contributed by atoms with Crippen LogP contribution in [0.4, 0.5) is 37.7 Å². The summed E-state index contributed by atoms with van der Waals surface area (Å²) < 4.78 is 71.1. The highest BCUT2D eigenvalue weighted by atomic mass is 79.9. The second kappa shape index (κ2) is 6.02. The number of halogens is 7. The van der Waals surface area contributed by atoms with Gasteiger partial charge in [0.1, 0.15) is 5.69 Å². The number of anilines is 1. The van der Waals surface area contributed by atoms with Crippen molar-refractivity contribution in [1.29, 1.82) is 0 Å². The Hall–Kier alpha value is -1.37. The molecule has 22 heavy (non-hydrogen) atoms. The number of rotatable bonds is 3. The van der Waals surface area contributed by atoms with Crippen LogP contribution in [0.15, 0.2) is 24.3 Å². The molecule has 12 heteroatoms. The Bertz CT molecular complexity index is 546. The first kappa shape index (κ1) is 18.7. The molecule has 1 unspecified atom stereocenters. The maximum absolute atomic E-state index is 12.7. The Morgan fingerprint density at radius 3 is 2.00 bits per heavy atom. The standard InChI is InChI=1S/C10H7BrF6N2O3/c11-8(9(12,13)14,10(15,16)17)7(20)18-5-3-1-2-4-6(5)19(21)22/h1-4,19,21H,(H,18,20). The molecule has 0 aliphatic rings. The van der Waals surface area contributed by atoms with E-state index in [1.807, 2.05) is 0 Å². The molecule has 1 atom stereocenters. The smallest absolute Gasteiger partial charge is 0.421 e. The fraction of sp³-hybridized carbons (Fsp3) is 0.300. The number of carbonyl (C=O) groups is 1. The summed E-state index contributed by atoms with van der Waals surface area (Å²) in [5, 5.41) is 19.3. The van der Waals surface area contributed by atoms with Crippen LogP contribution >= 0.6 is 15.9 Å². The molecule has 0 aliphatic carbocycles. The third-order valence-electron chi connectivity index (χ3n) is 2.50. The van der Waals surface area contributed by atoms with E-state index < -0.39 is 39.2 Å². The monoisotopic (exact) mass is 396 g/mol. The van der Waals surface area contributed by atoms with Gasteiger partial charge in [-0.25, -0.2) is 5.21 Å². The highest BCUT2D eigenvalue weighted by Crippen LogP contribution is 2.50. The molecular formula is C10H7BrF6N2O3. The maximum atomic E-state index is 12.7. The molecule has 1 aromatic carbocycles. The van der Waals surface area contributed by atoms with Crippen LogP contribution in [0.25, 0.3) is 0 Å². The highest BCUT2D eigenvalue weighted by Gasteiger charge is 2.74.